The van der Waals surface area contributed by atoms with Crippen LogP contribution in [-0.2, 0) is 0 Å². The second-order valence-corrected chi connectivity index (χ2v) is 19.7. The Kier molecular flexibility index (Phi) is 7.30. The SMILES string of the molecule is c1ccc2c(c1)OB1N2c2ccc(-n3c4ccccc4c4ccccc43)cc2-c2nc3cc(-c4ccc5c(c4)N4B(Oc6ccccc64)n4c-5nc5cc(-n6c7ccccc7c7ccccc76)ccc54)ccc3n21. The number of anilines is 4. The fourth-order valence-corrected chi connectivity index (χ4v) is 12.8. The van der Waals surface area contributed by atoms with Crippen LogP contribution in [0.5, 0.6) is 11.5 Å². The van der Waals surface area contributed by atoms with E-state index < -0.39 is 14.4 Å². The molecule has 4 aliphatic heterocycles. The van der Waals surface area contributed by atoms with Crippen molar-refractivity contribution in [3.63, 3.8) is 0 Å². The molecule has 0 atom stereocenters. The number of benzene rings is 10. The summed E-state index contributed by atoms with van der Waals surface area (Å²) in [6, 6.07) is 78.0. The quantitative estimate of drug-likeness (QED) is 0.164. The molecule has 0 amide bonds. The van der Waals surface area contributed by atoms with Crippen molar-refractivity contribution in [3.05, 3.63) is 218 Å². The summed E-state index contributed by atoms with van der Waals surface area (Å²) in [6.07, 6.45) is 0. The number of rotatable bonds is 3. The third-order valence-electron chi connectivity index (χ3n) is 15.9. The summed E-state index contributed by atoms with van der Waals surface area (Å²) in [7, 11) is -0.916. The summed E-state index contributed by atoms with van der Waals surface area (Å²) < 4.78 is 23.0. The van der Waals surface area contributed by atoms with Gasteiger partial charge in [-0.1, -0.05) is 109 Å². The van der Waals surface area contributed by atoms with Crippen LogP contribution in [0.1, 0.15) is 0 Å². The lowest BCUT2D eigenvalue weighted by Gasteiger charge is -2.31. The molecule has 0 saturated heterocycles. The maximum absolute atomic E-state index is 6.90. The van der Waals surface area contributed by atoms with Gasteiger partial charge in [-0.2, -0.15) is 0 Å². The molecule has 0 spiro atoms. The van der Waals surface area contributed by atoms with E-state index in [2.05, 4.69) is 234 Å². The lowest BCUT2D eigenvalue weighted by molar-refractivity contribution is 0.578. The molecule has 0 bridgehead atoms. The van der Waals surface area contributed by atoms with Crippen molar-refractivity contribution in [2.24, 2.45) is 0 Å². The van der Waals surface area contributed by atoms with Crippen molar-refractivity contribution in [1.29, 1.82) is 0 Å². The van der Waals surface area contributed by atoms with Crippen molar-refractivity contribution in [2.75, 3.05) is 9.62 Å². The molecule has 4 aromatic heterocycles. The standard InChI is InChI=1S/C62H36B2N8O2/c1-5-17-49-41(13-1)42-14-2-6-18-50(42)67(49)39-27-31-53-46(35-39)62-65-47-33-37(26-30-54(47)72(62)63-69(53)56-21-9-11-23-59(56)73-63)38-25-29-45-58(34-38)70-57-22-10-12-24-60(57)74-64(70)71-55-32-28-40(36-48(55)66-61(45)71)68-51-19-7-3-15-43(51)44-16-4-8-20-52(44)68/h1-36H. The first-order chi connectivity index (χ1) is 36.7. The van der Waals surface area contributed by atoms with Gasteiger partial charge in [0, 0.05) is 55.4 Å². The average Bonchev–Trinajstić information content (AvgIpc) is 4.35. The van der Waals surface area contributed by atoms with Gasteiger partial charge in [0.25, 0.3) is 0 Å². The smallest absolute Gasteiger partial charge is 0.521 e. The highest BCUT2D eigenvalue weighted by Crippen LogP contribution is 2.52. The molecule has 12 heteroatoms. The summed E-state index contributed by atoms with van der Waals surface area (Å²) >= 11 is 0. The van der Waals surface area contributed by atoms with E-state index in [4.69, 9.17) is 19.3 Å². The molecular weight excluding hydrogens is 910 g/mol. The largest absolute Gasteiger partial charge is 0.629 e. The molecule has 10 nitrogen and oxygen atoms in total. The van der Waals surface area contributed by atoms with Crippen LogP contribution in [-0.4, -0.2) is 42.4 Å². The number of imidazole rings is 2. The Hall–Kier alpha value is -9.93. The van der Waals surface area contributed by atoms with E-state index in [-0.39, 0.29) is 0 Å². The predicted octanol–water partition coefficient (Wildman–Crippen LogP) is 14.3. The maximum Gasteiger partial charge on any atom is 0.629 e. The maximum atomic E-state index is 6.90. The van der Waals surface area contributed by atoms with Gasteiger partial charge in [0.15, 0.2) is 0 Å². The Balaban J connectivity index is 0.794. The van der Waals surface area contributed by atoms with E-state index in [0.717, 1.165) is 113 Å². The predicted molar refractivity (Wildman–Crippen MR) is 299 cm³/mol. The molecule has 0 radical (unpaired) electrons. The number of aromatic nitrogens is 6. The van der Waals surface area contributed by atoms with E-state index in [1.165, 1.54) is 32.6 Å². The van der Waals surface area contributed by atoms with Crippen molar-refractivity contribution in [2.45, 2.75) is 0 Å². The molecular formula is C62H36B2N8O2. The van der Waals surface area contributed by atoms with Crippen LogP contribution in [0.3, 0.4) is 0 Å². The summed E-state index contributed by atoms with van der Waals surface area (Å²) in [5.74, 6) is 3.41. The van der Waals surface area contributed by atoms with Gasteiger partial charge in [0.1, 0.15) is 23.1 Å². The zero-order valence-corrected chi connectivity index (χ0v) is 39.3. The monoisotopic (exact) mass is 946 g/mol. The normalized spacial score (nSPS) is 13.8. The molecule has 4 aliphatic rings. The van der Waals surface area contributed by atoms with E-state index in [9.17, 15) is 0 Å². The van der Waals surface area contributed by atoms with Gasteiger partial charge in [-0.15, -0.1) is 0 Å². The van der Waals surface area contributed by atoms with E-state index in [1.807, 2.05) is 12.1 Å². The molecule has 0 fully saturated rings. The molecule has 0 aliphatic carbocycles. The highest BCUT2D eigenvalue weighted by atomic mass is 16.5. The first-order valence-corrected chi connectivity index (χ1v) is 25.1. The first kappa shape index (κ1) is 38.8. The molecule has 0 unspecified atom stereocenters. The van der Waals surface area contributed by atoms with Gasteiger partial charge in [0.2, 0.25) is 0 Å². The molecule has 10 aromatic carbocycles. The van der Waals surface area contributed by atoms with Gasteiger partial charge in [-0.25, -0.2) is 9.97 Å². The van der Waals surface area contributed by atoms with Crippen LogP contribution in [0.2, 0.25) is 0 Å². The van der Waals surface area contributed by atoms with Crippen molar-refractivity contribution < 1.29 is 9.31 Å². The molecule has 8 heterocycles. The van der Waals surface area contributed by atoms with Gasteiger partial charge >= 0.3 is 14.4 Å². The third kappa shape index (κ3) is 4.96. The molecule has 0 N–H and O–H groups in total. The molecule has 18 rings (SSSR count). The minimum absolute atomic E-state index is 0.446. The highest BCUT2D eigenvalue weighted by Gasteiger charge is 2.49. The lowest BCUT2D eigenvalue weighted by Crippen LogP contribution is -2.46. The highest BCUT2D eigenvalue weighted by molar-refractivity contribution is 6.63. The number of nitrogens with zero attached hydrogens (tertiary/aromatic N) is 8. The Morgan fingerprint density at radius 3 is 1.36 bits per heavy atom. The van der Waals surface area contributed by atoms with E-state index in [1.54, 1.807) is 0 Å². The van der Waals surface area contributed by atoms with Crippen LogP contribution in [0.4, 0.5) is 22.7 Å². The van der Waals surface area contributed by atoms with E-state index >= 15 is 0 Å². The summed E-state index contributed by atoms with van der Waals surface area (Å²) in [5.41, 5.74) is 18.9. The van der Waals surface area contributed by atoms with Gasteiger partial charge in [0.05, 0.1) is 55.5 Å². The minimum atomic E-state index is -0.470. The molecule has 342 valence electrons. The first-order valence-electron chi connectivity index (χ1n) is 25.1. The Labute approximate surface area is 423 Å². The average molecular weight is 947 g/mol. The van der Waals surface area contributed by atoms with Crippen LogP contribution < -0.4 is 18.9 Å². The Morgan fingerprint density at radius 1 is 0.324 bits per heavy atom. The Morgan fingerprint density at radius 2 is 0.770 bits per heavy atom. The van der Waals surface area contributed by atoms with Crippen LogP contribution in [0.15, 0.2) is 218 Å². The van der Waals surface area contributed by atoms with Crippen LogP contribution >= 0.6 is 0 Å². The molecule has 74 heavy (non-hydrogen) atoms. The zero-order chi connectivity index (χ0) is 47.9. The second-order valence-electron chi connectivity index (χ2n) is 19.7. The zero-order valence-electron chi connectivity index (χ0n) is 39.3. The summed E-state index contributed by atoms with van der Waals surface area (Å²) in [6.45, 7) is 0. The van der Waals surface area contributed by atoms with Gasteiger partial charge in [-0.3, -0.25) is 0 Å². The fraction of sp³-hybridized carbons (Fsp3) is 0. The topological polar surface area (TPSA) is 70.4 Å². The number of hydrogen-bond donors (Lipinski definition) is 0. The van der Waals surface area contributed by atoms with Crippen molar-refractivity contribution >= 4 is 103 Å². The van der Waals surface area contributed by atoms with E-state index in [0.29, 0.717) is 0 Å². The fourth-order valence-electron chi connectivity index (χ4n) is 12.8. The number of fused-ring (bicyclic) bond motifs is 26. The second kappa shape index (κ2) is 13.9. The summed E-state index contributed by atoms with van der Waals surface area (Å²) in [4.78, 5) is 15.6. The van der Waals surface area contributed by atoms with Crippen LogP contribution in [0.25, 0.3) is 111 Å². The van der Waals surface area contributed by atoms with Crippen LogP contribution in [0, 0.1) is 0 Å². The number of para-hydroxylation sites is 8. The Bertz CT molecular complexity index is 4710. The van der Waals surface area contributed by atoms with Gasteiger partial charge in [-0.05, 0) is 120 Å². The van der Waals surface area contributed by atoms with Crippen molar-refractivity contribution in [1.82, 2.24) is 28.1 Å². The number of hydrogen-bond acceptors (Lipinski definition) is 6. The minimum Gasteiger partial charge on any atom is -0.521 e. The van der Waals surface area contributed by atoms with Gasteiger partial charge < -0.3 is 37.0 Å². The third-order valence-corrected chi connectivity index (χ3v) is 15.9. The van der Waals surface area contributed by atoms with Crippen molar-refractivity contribution in [3.8, 4) is 56.8 Å². The lowest BCUT2D eigenvalue weighted by atomic mass is 9.87. The molecule has 0 saturated carbocycles. The molecule has 14 aromatic rings. The summed E-state index contributed by atoms with van der Waals surface area (Å²) in [5, 5.41) is 4.91.